The lowest BCUT2D eigenvalue weighted by atomic mass is 9.90. The van der Waals surface area contributed by atoms with E-state index in [9.17, 15) is 18.0 Å². The number of ether oxygens (including phenoxy) is 1. The summed E-state index contributed by atoms with van der Waals surface area (Å²) in [5.74, 6) is 0.604. The minimum Gasteiger partial charge on any atom is -0.494 e. The minimum atomic E-state index is -4.54. The molecule has 0 aliphatic carbocycles. The number of nitrogens with one attached hydrogen (secondary N) is 1. The molecule has 1 atom stereocenters. The maximum atomic E-state index is 13.6. The number of benzene rings is 4. The second-order valence-corrected chi connectivity index (χ2v) is 12.8. The largest absolute Gasteiger partial charge is 0.494 e. The van der Waals surface area contributed by atoms with Crippen molar-refractivity contribution in [1.29, 1.82) is 0 Å². The molecule has 0 aliphatic heterocycles. The van der Waals surface area contributed by atoms with Crippen molar-refractivity contribution >= 4 is 40.1 Å². The fourth-order valence-electron chi connectivity index (χ4n) is 5.11. The Hall–Kier alpha value is -3.08. The van der Waals surface area contributed by atoms with Crippen LogP contribution < -0.4 is 10.1 Å². The van der Waals surface area contributed by atoms with Crippen LogP contribution in [-0.4, -0.2) is 34.6 Å². The fraction of sp³-hybridized carbons (Fsp3) is 0.286. The first-order valence-corrected chi connectivity index (χ1v) is 16.0. The third-order valence-electron chi connectivity index (χ3n) is 7.13. The molecule has 4 rings (SSSR count). The van der Waals surface area contributed by atoms with Crippen LogP contribution in [-0.2, 0) is 23.9 Å². The highest BCUT2D eigenvalue weighted by molar-refractivity contribution is 14.1. The van der Waals surface area contributed by atoms with E-state index in [-0.39, 0.29) is 33.9 Å². The average Bonchev–Trinajstić information content (AvgIpc) is 2.99. The fourth-order valence-corrected chi connectivity index (χ4v) is 5.75. The van der Waals surface area contributed by atoms with E-state index < -0.39 is 11.7 Å². The summed E-state index contributed by atoms with van der Waals surface area (Å²) >= 11 is 8.47. The quantitative estimate of drug-likeness (QED) is 0.0609. The maximum absolute atomic E-state index is 13.6. The molecule has 0 fully saturated rings. The molecule has 0 radical (unpaired) electrons. The number of carbonyl (C=O) groups excluding carboxylic acids is 1. The maximum Gasteiger partial charge on any atom is 0.417 e. The molecule has 0 aliphatic rings. The van der Waals surface area contributed by atoms with Crippen molar-refractivity contribution in [1.82, 2.24) is 10.2 Å². The van der Waals surface area contributed by atoms with E-state index in [1.807, 2.05) is 67.6 Å². The van der Waals surface area contributed by atoms with Gasteiger partial charge >= 0.3 is 6.18 Å². The SMILES string of the molecule is CC(I)NC(=O)Cc1cccc(OCCCN(Cc2cccc(C(F)(F)F)c2Cl)CC(c2ccccc2)c2ccccc2)c1. The molecule has 0 bridgehead atoms. The van der Waals surface area contributed by atoms with Crippen LogP contribution in [0.5, 0.6) is 5.75 Å². The van der Waals surface area contributed by atoms with Crippen LogP contribution in [0.15, 0.2) is 103 Å². The molecule has 1 unspecified atom stereocenters. The van der Waals surface area contributed by atoms with E-state index >= 15 is 0 Å². The van der Waals surface area contributed by atoms with Crippen molar-refractivity contribution in [3.05, 3.63) is 136 Å². The Morgan fingerprint density at radius 1 is 0.932 bits per heavy atom. The third kappa shape index (κ3) is 10.2. The van der Waals surface area contributed by atoms with Gasteiger partial charge in [-0.15, -0.1) is 0 Å². The Balaban J connectivity index is 1.50. The number of rotatable bonds is 14. The van der Waals surface area contributed by atoms with Gasteiger partial charge in [-0.1, -0.05) is 119 Å². The van der Waals surface area contributed by atoms with Crippen LogP contribution in [0, 0.1) is 0 Å². The average molecular weight is 735 g/mol. The molecule has 9 heteroatoms. The van der Waals surface area contributed by atoms with Gasteiger partial charge in [0.2, 0.25) is 5.91 Å². The Labute approximate surface area is 275 Å². The smallest absolute Gasteiger partial charge is 0.417 e. The molecule has 232 valence electrons. The highest BCUT2D eigenvalue weighted by Gasteiger charge is 2.34. The number of hydrogen-bond acceptors (Lipinski definition) is 3. The zero-order chi connectivity index (χ0) is 31.5. The summed E-state index contributed by atoms with van der Waals surface area (Å²) in [6.07, 6.45) is -3.65. The van der Waals surface area contributed by atoms with Gasteiger partial charge in [-0.2, -0.15) is 13.2 Å². The van der Waals surface area contributed by atoms with Gasteiger partial charge in [-0.25, -0.2) is 0 Å². The first-order chi connectivity index (χ1) is 21.1. The van der Waals surface area contributed by atoms with Crippen molar-refractivity contribution in [3.63, 3.8) is 0 Å². The van der Waals surface area contributed by atoms with E-state index in [1.54, 1.807) is 6.07 Å². The Morgan fingerprint density at radius 2 is 1.57 bits per heavy atom. The lowest BCUT2D eigenvalue weighted by Gasteiger charge is -2.29. The van der Waals surface area contributed by atoms with Crippen molar-refractivity contribution < 1.29 is 22.7 Å². The van der Waals surface area contributed by atoms with Gasteiger partial charge in [-0.3, -0.25) is 9.69 Å². The molecule has 0 spiro atoms. The highest BCUT2D eigenvalue weighted by atomic mass is 127. The van der Waals surface area contributed by atoms with Crippen LogP contribution in [0.4, 0.5) is 13.2 Å². The lowest BCUT2D eigenvalue weighted by Crippen LogP contribution is -2.31. The van der Waals surface area contributed by atoms with E-state index in [0.717, 1.165) is 22.8 Å². The summed E-state index contributed by atoms with van der Waals surface area (Å²) in [6, 6.07) is 31.7. The normalized spacial score (nSPS) is 12.4. The molecule has 44 heavy (non-hydrogen) atoms. The molecule has 1 N–H and O–H groups in total. The monoisotopic (exact) mass is 734 g/mol. The molecule has 0 heterocycles. The molecular weight excluding hydrogens is 700 g/mol. The number of carbonyl (C=O) groups is 1. The number of hydrogen-bond donors (Lipinski definition) is 1. The van der Waals surface area contributed by atoms with Gasteiger partial charge in [0.15, 0.2) is 0 Å². The van der Waals surface area contributed by atoms with E-state index in [2.05, 4.69) is 57.1 Å². The predicted molar refractivity (Wildman–Crippen MR) is 178 cm³/mol. The molecular formula is C35H35ClF3IN2O2. The zero-order valence-corrected chi connectivity index (χ0v) is 27.3. The summed E-state index contributed by atoms with van der Waals surface area (Å²) < 4.78 is 47.0. The summed E-state index contributed by atoms with van der Waals surface area (Å²) in [5, 5.41) is 2.61. The Morgan fingerprint density at radius 3 is 2.18 bits per heavy atom. The first kappa shape index (κ1) is 33.8. The molecule has 0 saturated carbocycles. The second kappa shape index (κ2) is 16.3. The summed E-state index contributed by atoms with van der Waals surface area (Å²) in [7, 11) is 0. The minimum absolute atomic E-state index is 0.00372. The van der Waals surface area contributed by atoms with Gasteiger partial charge in [0.25, 0.3) is 0 Å². The van der Waals surface area contributed by atoms with Crippen molar-refractivity contribution in [2.45, 2.75) is 42.5 Å². The third-order valence-corrected chi connectivity index (χ3v) is 7.89. The summed E-state index contributed by atoms with van der Waals surface area (Å²) in [4.78, 5) is 14.3. The summed E-state index contributed by atoms with van der Waals surface area (Å²) in [6.45, 7) is 3.69. The number of amides is 1. The van der Waals surface area contributed by atoms with Crippen LogP contribution in [0.3, 0.4) is 0 Å². The highest BCUT2D eigenvalue weighted by Crippen LogP contribution is 2.37. The molecule has 4 aromatic rings. The van der Waals surface area contributed by atoms with Gasteiger partial charge in [0.1, 0.15) is 5.75 Å². The van der Waals surface area contributed by atoms with Crippen molar-refractivity contribution in [2.24, 2.45) is 0 Å². The van der Waals surface area contributed by atoms with Gasteiger partial charge in [-0.05, 0) is 53.8 Å². The van der Waals surface area contributed by atoms with Crippen molar-refractivity contribution in [2.75, 3.05) is 19.7 Å². The van der Waals surface area contributed by atoms with Crippen LogP contribution >= 0.6 is 34.2 Å². The molecule has 4 aromatic carbocycles. The van der Waals surface area contributed by atoms with Gasteiger partial charge < -0.3 is 10.1 Å². The first-order valence-electron chi connectivity index (χ1n) is 14.4. The van der Waals surface area contributed by atoms with Crippen molar-refractivity contribution in [3.8, 4) is 5.75 Å². The second-order valence-electron chi connectivity index (χ2n) is 10.6. The standard InChI is InChI=1S/C35H35ClF3IN2O2/c1-25(40)41-33(43)22-26-11-8-17-30(21-26)44-20-10-19-42(23-29-16-9-18-32(34(29)36)35(37,38)39)24-31(27-12-4-2-5-13-27)28-14-6-3-7-15-28/h2-9,11-18,21,25,31H,10,19-20,22-24H2,1H3,(H,41,43). The number of halogens is 5. The lowest BCUT2D eigenvalue weighted by molar-refractivity contribution is -0.137. The number of nitrogens with zero attached hydrogens (tertiary/aromatic N) is 1. The van der Waals surface area contributed by atoms with Crippen LogP contribution in [0.1, 0.15) is 47.1 Å². The molecule has 0 saturated heterocycles. The Bertz CT molecular complexity index is 1450. The van der Waals surface area contributed by atoms with E-state index in [4.69, 9.17) is 16.3 Å². The van der Waals surface area contributed by atoms with Gasteiger partial charge in [0.05, 0.1) is 27.7 Å². The molecule has 1 amide bonds. The zero-order valence-electron chi connectivity index (χ0n) is 24.4. The number of alkyl halides is 4. The summed E-state index contributed by atoms with van der Waals surface area (Å²) in [5.41, 5.74) is 2.69. The van der Waals surface area contributed by atoms with Gasteiger partial charge in [0, 0.05) is 25.6 Å². The topological polar surface area (TPSA) is 41.6 Å². The van der Waals surface area contributed by atoms with Crippen LogP contribution in [0.2, 0.25) is 5.02 Å². The predicted octanol–water partition coefficient (Wildman–Crippen LogP) is 8.90. The van der Waals surface area contributed by atoms with E-state index in [1.165, 1.54) is 6.07 Å². The molecule has 0 aromatic heterocycles. The Kier molecular flexibility index (Phi) is 12.5. The van der Waals surface area contributed by atoms with Crippen LogP contribution in [0.25, 0.3) is 0 Å². The van der Waals surface area contributed by atoms with E-state index in [0.29, 0.717) is 37.4 Å². The molecule has 4 nitrogen and oxygen atoms in total.